The lowest BCUT2D eigenvalue weighted by molar-refractivity contribution is 0.322. The molecule has 4 rings (SSSR count). The van der Waals surface area contributed by atoms with E-state index in [9.17, 15) is 8.78 Å². The van der Waals surface area contributed by atoms with Crippen molar-refractivity contribution < 1.29 is 23.0 Å². The van der Waals surface area contributed by atoms with E-state index in [1.54, 1.807) is 45.6 Å². The number of halogens is 2. The predicted octanol–water partition coefficient (Wildman–Crippen LogP) is 4.58. The van der Waals surface area contributed by atoms with Crippen molar-refractivity contribution in [2.45, 2.75) is 5.92 Å². The van der Waals surface area contributed by atoms with Crippen LogP contribution in [0.2, 0.25) is 0 Å². The Bertz CT molecular complexity index is 1040. The highest BCUT2D eigenvalue weighted by atomic mass is 19.1. The third-order valence-electron chi connectivity index (χ3n) is 5.99. The van der Waals surface area contributed by atoms with E-state index in [2.05, 4.69) is 10.2 Å². The van der Waals surface area contributed by atoms with Crippen LogP contribution in [0.5, 0.6) is 17.2 Å². The molecule has 1 aliphatic heterocycles. The van der Waals surface area contributed by atoms with Crippen molar-refractivity contribution in [2.75, 3.05) is 52.4 Å². The molecule has 0 unspecified atom stereocenters. The van der Waals surface area contributed by atoms with E-state index < -0.39 is 0 Å². The molecule has 0 saturated carbocycles. The Morgan fingerprint density at radius 1 is 0.727 bits per heavy atom. The second kappa shape index (κ2) is 10.1. The quantitative estimate of drug-likeness (QED) is 0.530. The van der Waals surface area contributed by atoms with Gasteiger partial charge in [0.25, 0.3) is 0 Å². The molecule has 1 N–H and O–H groups in total. The number of anilines is 1. The van der Waals surface area contributed by atoms with Gasteiger partial charge >= 0.3 is 0 Å². The second-order valence-electron chi connectivity index (χ2n) is 7.86. The molecule has 0 radical (unpaired) electrons. The van der Waals surface area contributed by atoms with Crippen molar-refractivity contribution in [3.05, 3.63) is 82.9 Å². The average Bonchev–Trinajstić information content (AvgIpc) is 2.86. The zero-order valence-electron chi connectivity index (χ0n) is 19.0. The number of rotatable bonds is 7. The fourth-order valence-electron chi connectivity index (χ4n) is 4.44. The van der Waals surface area contributed by atoms with Crippen molar-refractivity contribution in [3.8, 4) is 17.2 Å². The predicted molar refractivity (Wildman–Crippen MR) is 125 cm³/mol. The van der Waals surface area contributed by atoms with Crippen LogP contribution in [0.3, 0.4) is 0 Å². The minimum Gasteiger partial charge on any atom is -0.492 e. The summed E-state index contributed by atoms with van der Waals surface area (Å²) >= 11 is 0. The van der Waals surface area contributed by atoms with Gasteiger partial charge in [0.2, 0.25) is 5.75 Å². The average molecular weight is 455 g/mol. The molecule has 1 fully saturated rings. The molecule has 0 bridgehead atoms. The molecule has 0 amide bonds. The van der Waals surface area contributed by atoms with Gasteiger partial charge in [-0.2, -0.15) is 0 Å². The maximum atomic E-state index is 13.8. The summed E-state index contributed by atoms with van der Waals surface area (Å²) in [5, 5.41) is 3.36. The highest BCUT2D eigenvalue weighted by molar-refractivity contribution is 5.74. The van der Waals surface area contributed by atoms with Crippen LogP contribution in [0, 0.1) is 11.6 Å². The van der Waals surface area contributed by atoms with Gasteiger partial charge in [0, 0.05) is 37.7 Å². The maximum Gasteiger partial charge on any atom is 0.205 e. The monoisotopic (exact) mass is 454 g/mol. The number of piperazine rings is 1. The van der Waals surface area contributed by atoms with E-state index in [0.29, 0.717) is 17.2 Å². The number of hydrogen-bond acceptors (Lipinski definition) is 5. The molecule has 3 aromatic rings. The van der Waals surface area contributed by atoms with E-state index in [-0.39, 0.29) is 17.6 Å². The van der Waals surface area contributed by atoms with Crippen molar-refractivity contribution in [1.29, 1.82) is 0 Å². The van der Waals surface area contributed by atoms with Crippen molar-refractivity contribution in [3.63, 3.8) is 0 Å². The van der Waals surface area contributed by atoms with Gasteiger partial charge in [-0.05, 0) is 41.5 Å². The molecular formula is C26H28F2N2O3. The molecule has 174 valence electrons. The van der Waals surface area contributed by atoms with Gasteiger partial charge in [-0.25, -0.2) is 8.78 Å². The smallest absolute Gasteiger partial charge is 0.205 e. The lowest BCUT2D eigenvalue weighted by Gasteiger charge is -2.33. The van der Waals surface area contributed by atoms with E-state index in [1.807, 2.05) is 6.07 Å². The van der Waals surface area contributed by atoms with Crippen molar-refractivity contribution in [2.24, 2.45) is 0 Å². The number of hydrogen-bond donors (Lipinski definition) is 1. The van der Waals surface area contributed by atoms with Crippen LogP contribution in [-0.2, 0) is 0 Å². The van der Waals surface area contributed by atoms with Gasteiger partial charge in [-0.15, -0.1) is 0 Å². The first-order chi connectivity index (χ1) is 16.1. The first kappa shape index (κ1) is 22.9. The minimum atomic E-state index is -0.345. The normalized spacial score (nSPS) is 13.8. The largest absolute Gasteiger partial charge is 0.492 e. The zero-order valence-corrected chi connectivity index (χ0v) is 19.0. The Labute approximate surface area is 192 Å². The number of benzene rings is 3. The topological polar surface area (TPSA) is 43.0 Å². The molecule has 1 aliphatic rings. The van der Waals surface area contributed by atoms with Crippen LogP contribution in [-0.4, -0.2) is 47.5 Å². The summed E-state index contributed by atoms with van der Waals surface area (Å²) in [4.78, 5) is 2.24. The third-order valence-corrected chi connectivity index (χ3v) is 5.99. The van der Waals surface area contributed by atoms with E-state index >= 15 is 0 Å². The highest BCUT2D eigenvalue weighted by Gasteiger charge is 2.30. The van der Waals surface area contributed by atoms with Crippen LogP contribution in [0.25, 0.3) is 0 Å². The molecule has 0 spiro atoms. The lowest BCUT2D eigenvalue weighted by Crippen LogP contribution is -2.43. The molecule has 5 nitrogen and oxygen atoms in total. The van der Waals surface area contributed by atoms with Gasteiger partial charge in [-0.3, -0.25) is 0 Å². The number of methoxy groups -OCH3 is 3. The number of nitrogens with one attached hydrogen (secondary N) is 1. The molecule has 7 heteroatoms. The van der Waals surface area contributed by atoms with Crippen LogP contribution in [0.1, 0.15) is 22.6 Å². The van der Waals surface area contributed by atoms with Gasteiger partial charge in [-0.1, -0.05) is 24.3 Å². The van der Waals surface area contributed by atoms with Gasteiger partial charge < -0.3 is 24.4 Å². The molecule has 1 heterocycles. The molecule has 1 saturated heterocycles. The van der Waals surface area contributed by atoms with Crippen LogP contribution in [0.15, 0.2) is 54.6 Å². The van der Waals surface area contributed by atoms with Gasteiger partial charge in [0.1, 0.15) is 11.6 Å². The summed E-state index contributed by atoms with van der Waals surface area (Å²) in [5.41, 5.74) is 3.40. The van der Waals surface area contributed by atoms with Crippen LogP contribution in [0.4, 0.5) is 14.5 Å². The van der Waals surface area contributed by atoms with E-state index in [1.165, 1.54) is 24.3 Å². The Morgan fingerprint density at radius 2 is 1.21 bits per heavy atom. The Hall–Kier alpha value is -3.32. The van der Waals surface area contributed by atoms with Crippen LogP contribution >= 0.6 is 0 Å². The fraction of sp³-hybridized carbons (Fsp3) is 0.308. The Morgan fingerprint density at radius 3 is 1.67 bits per heavy atom. The standard InChI is InChI=1S/C26H28F2N2O3/c1-31-24-21(16-22(25(32-2)26(24)33-3)30-14-12-29-13-15-30)23(17-4-8-19(27)9-5-17)18-6-10-20(28)11-7-18/h4-11,16,23,29H,12-15H2,1-3H3. The summed E-state index contributed by atoms with van der Waals surface area (Å²) in [6.07, 6.45) is 0. The third kappa shape index (κ3) is 4.59. The Kier molecular flexibility index (Phi) is 6.99. The summed E-state index contributed by atoms with van der Waals surface area (Å²) < 4.78 is 44.9. The maximum absolute atomic E-state index is 13.8. The minimum absolute atomic E-state index is 0.322. The SMILES string of the molecule is COc1c(C(c2ccc(F)cc2)c2ccc(F)cc2)cc(N2CCNCC2)c(OC)c1OC. The van der Waals surface area contributed by atoms with Crippen LogP contribution < -0.4 is 24.4 Å². The molecule has 3 aromatic carbocycles. The van der Waals surface area contributed by atoms with Crippen molar-refractivity contribution in [1.82, 2.24) is 5.32 Å². The Balaban J connectivity index is 1.98. The summed E-state index contributed by atoms with van der Waals surface area (Å²) in [5.74, 6) is 0.613. The molecular weight excluding hydrogens is 426 g/mol. The highest BCUT2D eigenvalue weighted by Crippen LogP contribution is 2.51. The zero-order chi connectivity index (χ0) is 23.4. The molecule has 33 heavy (non-hydrogen) atoms. The summed E-state index contributed by atoms with van der Waals surface area (Å²) in [6, 6.07) is 14.7. The molecule has 0 aromatic heterocycles. The molecule has 0 aliphatic carbocycles. The number of ether oxygens (including phenoxy) is 3. The van der Waals surface area contributed by atoms with Gasteiger partial charge in [0.05, 0.1) is 27.0 Å². The summed E-state index contributed by atoms with van der Waals surface area (Å²) in [6.45, 7) is 3.32. The van der Waals surface area contributed by atoms with E-state index in [4.69, 9.17) is 14.2 Å². The van der Waals surface area contributed by atoms with Crippen molar-refractivity contribution >= 4 is 5.69 Å². The first-order valence-corrected chi connectivity index (χ1v) is 10.9. The first-order valence-electron chi connectivity index (χ1n) is 10.9. The van der Waals surface area contributed by atoms with E-state index in [0.717, 1.165) is 48.6 Å². The molecule has 0 atom stereocenters. The summed E-state index contributed by atoms with van der Waals surface area (Å²) in [7, 11) is 4.77. The second-order valence-corrected chi connectivity index (χ2v) is 7.86. The van der Waals surface area contributed by atoms with Gasteiger partial charge in [0.15, 0.2) is 11.5 Å². The lowest BCUT2D eigenvalue weighted by atomic mass is 9.84. The number of nitrogens with zero attached hydrogens (tertiary/aromatic N) is 1. The fourth-order valence-corrected chi connectivity index (χ4v) is 4.44.